The lowest BCUT2D eigenvalue weighted by Gasteiger charge is -2.20. The second kappa shape index (κ2) is 6.10. The Morgan fingerprint density at radius 2 is 2.20 bits per heavy atom. The van der Waals surface area contributed by atoms with Gasteiger partial charge in [0.2, 0.25) is 0 Å². The molecule has 0 aromatic heterocycles. The molecule has 4 rings (SSSR count). The average Bonchev–Trinajstić information content (AvgIpc) is 3.15. The number of thioether (sulfide) groups is 1. The van der Waals surface area contributed by atoms with Crippen molar-refractivity contribution < 1.29 is 17.9 Å². The van der Waals surface area contributed by atoms with Gasteiger partial charge in [0, 0.05) is 6.42 Å². The van der Waals surface area contributed by atoms with E-state index in [0.29, 0.717) is 15.6 Å². The largest absolute Gasteiger partial charge is 0.490 e. The van der Waals surface area contributed by atoms with E-state index in [2.05, 4.69) is 0 Å². The first-order valence-corrected chi connectivity index (χ1v) is 11.1. The van der Waals surface area contributed by atoms with E-state index in [1.807, 2.05) is 31.2 Å². The number of hydrogen-bond acceptors (Lipinski definition) is 6. The van der Waals surface area contributed by atoms with Gasteiger partial charge in [-0.3, -0.25) is 9.69 Å². The fourth-order valence-corrected chi connectivity index (χ4v) is 6.56. The van der Waals surface area contributed by atoms with Crippen molar-refractivity contribution in [3.63, 3.8) is 0 Å². The number of carbonyl (C=O) groups is 1. The first kappa shape index (κ1) is 17.1. The highest BCUT2D eigenvalue weighted by Crippen LogP contribution is 2.37. The number of amides is 1. The number of carbonyl (C=O) groups excluding carboxylic acids is 1. The van der Waals surface area contributed by atoms with Crippen LogP contribution in [0.4, 0.5) is 0 Å². The molecule has 0 N–H and O–H groups in total. The minimum Gasteiger partial charge on any atom is -0.490 e. The summed E-state index contributed by atoms with van der Waals surface area (Å²) in [5.41, 5.74) is 2.06. The van der Waals surface area contributed by atoms with Crippen LogP contribution in [0, 0.1) is 0 Å². The predicted octanol–water partition coefficient (Wildman–Crippen LogP) is 2.40. The van der Waals surface area contributed by atoms with Crippen LogP contribution in [0.3, 0.4) is 0 Å². The summed E-state index contributed by atoms with van der Waals surface area (Å²) in [7, 11) is -3.06. The van der Waals surface area contributed by atoms with Crippen LogP contribution < -0.4 is 4.74 Å². The highest BCUT2D eigenvalue weighted by atomic mass is 32.2. The van der Waals surface area contributed by atoms with Crippen LogP contribution in [0.25, 0.3) is 6.08 Å². The van der Waals surface area contributed by atoms with Crippen LogP contribution >= 0.6 is 24.0 Å². The van der Waals surface area contributed by atoms with Gasteiger partial charge in [0.05, 0.1) is 22.5 Å². The third kappa shape index (κ3) is 3.22. The summed E-state index contributed by atoms with van der Waals surface area (Å²) < 4.78 is 29.5. The van der Waals surface area contributed by atoms with Gasteiger partial charge < -0.3 is 4.74 Å². The van der Waals surface area contributed by atoms with E-state index in [4.69, 9.17) is 17.0 Å². The Morgan fingerprint density at radius 1 is 1.40 bits per heavy atom. The van der Waals surface area contributed by atoms with E-state index in [0.717, 1.165) is 23.3 Å². The standard InChI is InChI=1S/C17H17NO4S3/c1-10-6-12-7-11(2-3-14(12)22-10)8-15-16(19)18(17(23)24-15)13-4-5-25(20,21)9-13/h2-3,7-8,10,13H,4-6,9H2,1H3/b15-8+/t10-,13-/m1/s1. The summed E-state index contributed by atoms with van der Waals surface area (Å²) in [5, 5.41) is 0. The van der Waals surface area contributed by atoms with E-state index in [1.165, 1.54) is 16.7 Å². The van der Waals surface area contributed by atoms with Crippen LogP contribution in [0.1, 0.15) is 24.5 Å². The summed E-state index contributed by atoms with van der Waals surface area (Å²) in [6, 6.07) is 5.54. The Morgan fingerprint density at radius 3 is 2.92 bits per heavy atom. The van der Waals surface area contributed by atoms with Gasteiger partial charge in [0.25, 0.3) is 5.91 Å². The Kier molecular flexibility index (Phi) is 4.16. The second-order valence-electron chi connectivity index (χ2n) is 6.61. The highest BCUT2D eigenvalue weighted by molar-refractivity contribution is 8.26. The number of nitrogens with zero attached hydrogens (tertiary/aromatic N) is 1. The molecule has 0 saturated carbocycles. The van der Waals surface area contributed by atoms with Crippen molar-refractivity contribution in [3.8, 4) is 5.75 Å². The molecule has 0 spiro atoms. The van der Waals surface area contributed by atoms with E-state index < -0.39 is 9.84 Å². The molecule has 3 aliphatic heterocycles. The third-order valence-corrected chi connectivity index (χ3v) is 7.70. The van der Waals surface area contributed by atoms with Crippen LogP contribution in [0.5, 0.6) is 5.75 Å². The van der Waals surface area contributed by atoms with Gasteiger partial charge >= 0.3 is 0 Å². The summed E-state index contributed by atoms with van der Waals surface area (Å²) in [6.45, 7) is 2.03. The normalized spacial score (nSPS) is 29.3. The molecule has 0 unspecified atom stereocenters. The number of sulfone groups is 1. The smallest absolute Gasteiger partial charge is 0.266 e. The lowest BCUT2D eigenvalue weighted by atomic mass is 10.1. The molecule has 2 fully saturated rings. The van der Waals surface area contributed by atoms with Gasteiger partial charge in [-0.05, 0) is 42.7 Å². The first-order chi connectivity index (χ1) is 11.8. The summed E-state index contributed by atoms with van der Waals surface area (Å²) in [5.74, 6) is 0.827. The van der Waals surface area contributed by atoms with Crippen molar-refractivity contribution in [2.75, 3.05) is 11.5 Å². The number of ether oxygens (including phenoxy) is 1. The molecule has 0 bridgehead atoms. The van der Waals surface area contributed by atoms with Crippen molar-refractivity contribution in [1.29, 1.82) is 0 Å². The topological polar surface area (TPSA) is 63.7 Å². The number of benzene rings is 1. The van der Waals surface area contributed by atoms with Gasteiger partial charge in [-0.2, -0.15) is 0 Å². The molecule has 5 nitrogen and oxygen atoms in total. The Balaban J connectivity index is 1.58. The average molecular weight is 396 g/mol. The molecule has 1 aromatic rings. The van der Waals surface area contributed by atoms with Crippen molar-refractivity contribution in [1.82, 2.24) is 4.90 Å². The molecule has 0 radical (unpaired) electrons. The van der Waals surface area contributed by atoms with E-state index >= 15 is 0 Å². The van der Waals surface area contributed by atoms with Crippen LogP contribution in [-0.2, 0) is 21.1 Å². The quantitative estimate of drug-likeness (QED) is 0.566. The Bertz CT molecular complexity index is 906. The SMILES string of the molecule is C[C@@H]1Cc2cc(/C=C3/SC(=S)N([C@@H]4CCS(=O)(=O)C4)C3=O)ccc2O1. The van der Waals surface area contributed by atoms with Crippen molar-refractivity contribution >= 4 is 50.1 Å². The monoisotopic (exact) mass is 395 g/mol. The van der Waals surface area contributed by atoms with Gasteiger partial charge in [0.1, 0.15) is 16.2 Å². The summed E-state index contributed by atoms with van der Waals surface area (Å²) in [4.78, 5) is 14.8. The van der Waals surface area contributed by atoms with Crippen molar-refractivity contribution in [2.45, 2.75) is 31.9 Å². The maximum atomic E-state index is 12.7. The number of fused-ring (bicyclic) bond motifs is 1. The second-order valence-corrected chi connectivity index (χ2v) is 10.5. The van der Waals surface area contributed by atoms with Crippen LogP contribution in [0.2, 0.25) is 0 Å². The van der Waals surface area contributed by atoms with Gasteiger partial charge in [-0.15, -0.1) is 0 Å². The summed E-state index contributed by atoms with van der Waals surface area (Å²) >= 11 is 6.57. The lowest BCUT2D eigenvalue weighted by Crippen LogP contribution is -2.39. The van der Waals surface area contributed by atoms with Gasteiger partial charge in [-0.25, -0.2) is 8.42 Å². The lowest BCUT2D eigenvalue weighted by molar-refractivity contribution is -0.123. The van der Waals surface area contributed by atoms with Crippen molar-refractivity contribution in [2.24, 2.45) is 0 Å². The zero-order chi connectivity index (χ0) is 17.8. The predicted molar refractivity (Wildman–Crippen MR) is 102 cm³/mol. The molecular weight excluding hydrogens is 378 g/mol. The Labute approximate surface area is 156 Å². The fraction of sp³-hybridized carbons (Fsp3) is 0.412. The third-order valence-electron chi connectivity index (χ3n) is 4.61. The maximum Gasteiger partial charge on any atom is 0.266 e. The molecule has 25 heavy (non-hydrogen) atoms. The highest BCUT2D eigenvalue weighted by Gasteiger charge is 2.42. The first-order valence-electron chi connectivity index (χ1n) is 8.09. The number of thiocarbonyl (C=S) groups is 1. The van der Waals surface area contributed by atoms with Gasteiger partial charge in [0.15, 0.2) is 9.84 Å². The number of hydrogen-bond donors (Lipinski definition) is 0. The molecule has 0 aliphatic carbocycles. The molecule has 2 saturated heterocycles. The molecule has 8 heteroatoms. The minimum atomic E-state index is -3.06. The molecule has 3 aliphatic rings. The zero-order valence-electron chi connectivity index (χ0n) is 13.6. The van der Waals surface area contributed by atoms with Crippen LogP contribution in [-0.4, -0.2) is 47.2 Å². The molecular formula is C17H17NO4S3. The number of rotatable bonds is 2. The molecule has 2 atom stereocenters. The fourth-order valence-electron chi connectivity index (χ4n) is 3.46. The van der Waals surface area contributed by atoms with E-state index in [-0.39, 0.29) is 29.6 Å². The van der Waals surface area contributed by atoms with E-state index in [1.54, 1.807) is 0 Å². The van der Waals surface area contributed by atoms with E-state index in [9.17, 15) is 13.2 Å². The molecule has 1 aromatic carbocycles. The summed E-state index contributed by atoms with van der Waals surface area (Å²) in [6.07, 6.45) is 3.31. The molecule has 1 amide bonds. The van der Waals surface area contributed by atoms with Gasteiger partial charge in [-0.1, -0.05) is 30.0 Å². The maximum absolute atomic E-state index is 12.7. The Hall–Kier alpha value is -1.38. The van der Waals surface area contributed by atoms with Crippen LogP contribution in [0.15, 0.2) is 23.1 Å². The molecule has 132 valence electrons. The minimum absolute atomic E-state index is 0.000786. The van der Waals surface area contributed by atoms with Crippen molar-refractivity contribution in [3.05, 3.63) is 34.2 Å². The zero-order valence-corrected chi connectivity index (χ0v) is 16.0. The molecule has 3 heterocycles.